The molecule has 0 bridgehead atoms. The van der Waals surface area contributed by atoms with Crippen molar-refractivity contribution in [3.63, 3.8) is 0 Å². The van der Waals surface area contributed by atoms with E-state index < -0.39 is 22.5 Å². The largest absolute Gasteiger partial charge is 0.369 e. The molecular weight excluding hydrogens is 416 g/mol. The maximum Gasteiger partial charge on any atom is 0.241 e. The van der Waals surface area contributed by atoms with Gasteiger partial charge in [0.25, 0.3) is 0 Å². The van der Waals surface area contributed by atoms with E-state index in [1.54, 1.807) is 23.5 Å². The van der Waals surface area contributed by atoms with E-state index in [0.29, 0.717) is 25.9 Å². The van der Waals surface area contributed by atoms with Gasteiger partial charge in [0.1, 0.15) is 0 Å². The summed E-state index contributed by atoms with van der Waals surface area (Å²) in [6, 6.07) is 12.7. The van der Waals surface area contributed by atoms with E-state index in [9.17, 15) is 18.0 Å². The molecule has 1 radical (unpaired) electrons. The lowest BCUT2D eigenvalue weighted by Gasteiger charge is -2.29. The van der Waals surface area contributed by atoms with E-state index in [4.69, 9.17) is 5.73 Å². The second-order valence-electron chi connectivity index (χ2n) is 7.50. The van der Waals surface area contributed by atoms with Gasteiger partial charge in [-0.1, -0.05) is 24.3 Å². The first-order valence-corrected chi connectivity index (χ1v) is 11.4. The lowest BCUT2D eigenvalue weighted by molar-refractivity contribution is -0.128. The number of nitrogens with one attached hydrogen (secondary N) is 2. The van der Waals surface area contributed by atoms with Crippen LogP contribution in [-0.2, 0) is 39.0 Å². The summed E-state index contributed by atoms with van der Waals surface area (Å²) in [5, 5.41) is 1.09. The Morgan fingerprint density at radius 3 is 2.77 bits per heavy atom. The molecule has 31 heavy (non-hydrogen) atoms. The van der Waals surface area contributed by atoms with Gasteiger partial charge in [0.2, 0.25) is 21.8 Å². The van der Waals surface area contributed by atoms with Gasteiger partial charge in [0.15, 0.2) is 0 Å². The van der Waals surface area contributed by atoms with Crippen molar-refractivity contribution >= 4 is 32.7 Å². The van der Waals surface area contributed by atoms with Crippen LogP contribution in [0.1, 0.15) is 16.7 Å². The number of carbonyl (C=O) groups is 2. The number of aromatic nitrogens is 1. The van der Waals surface area contributed by atoms with Crippen molar-refractivity contribution in [1.82, 2.24) is 14.6 Å². The van der Waals surface area contributed by atoms with Crippen LogP contribution in [0.4, 0.5) is 0 Å². The first-order chi connectivity index (χ1) is 14.8. The molecule has 0 saturated heterocycles. The van der Waals surface area contributed by atoms with Gasteiger partial charge in [-0.25, -0.2) is 13.1 Å². The van der Waals surface area contributed by atoms with Gasteiger partial charge in [-0.05, 0) is 47.7 Å². The summed E-state index contributed by atoms with van der Waals surface area (Å²) in [5.41, 5.74) is 8.89. The average Bonchev–Trinajstić information content (AvgIpc) is 3.18. The SMILES string of the molecule is NC(=O)CNS(=O)(=O)c1ccc2c(c1)CN(C(=O)[CH]Cc1c[nH]c3ccccc13)CC2. The number of H-pyrrole nitrogens is 1. The van der Waals surface area contributed by atoms with E-state index >= 15 is 0 Å². The second-order valence-corrected chi connectivity index (χ2v) is 9.27. The highest BCUT2D eigenvalue weighted by molar-refractivity contribution is 7.89. The fourth-order valence-electron chi connectivity index (χ4n) is 3.77. The summed E-state index contributed by atoms with van der Waals surface area (Å²) in [6.07, 6.45) is 4.74. The standard InChI is InChI=1S/C22H23N4O4S/c23-21(27)13-25-31(29,30)18-7-5-15-9-10-26(14-17(15)11-18)22(28)8-6-16-12-24-20-4-2-1-3-19(16)20/h1-5,7-8,11-12,24-25H,6,9-10,13-14H2,(H2,23,27). The smallest absolute Gasteiger partial charge is 0.241 e. The molecule has 0 unspecified atom stereocenters. The molecule has 3 aromatic rings. The highest BCUT2D eigenvalue weighted by Crippen LogP contribution is 2.24. The minimum atomic E-state index is -3.85. The molecular formula is C22H23N4O4S. The number of carbonyl (C=O) groups excluding carboxylic acids is 2. The third kappa shape index (κ3) is 4.62. The highest BCUT2D eigenvalue weighted by Gasteiger charge is 2.23. The van der Waals surface area contributed by atoms with E-state index in [2.05, 4.69) is 9.71 Å². The van der Waals surface area contributed by atoms with Crippen molar-refractivity contribution < 1.29 is 18.0 Å². The maximum absolute atomic E-state index is 12.8. The monoisotopic (exact) mass is 439 g/mol. The van der Waals surface area contributed by atoms with Gasteiger partial charge in [-0.15, -0.1) is 0 Å². The summed E-state index contributed by atoms with van der Waals surface area (Å²) in [5.74, 6) is -0.847. The van der Waals surface area contributed by atoms with E-state index in [1.165, 1.54) is 6.07 Å². The predicted molar refractivity (Wildman–Crippen MR) is 116 cm³/mol. The zero-order valence-electron chi connectivity index (χ0n) is 16.8. The van der Waals surface area contributed by atoms with Crippen LogP contribution in [0, 0.1) is 6.42 Å². The number of nitrogens with zero attached hydrogens (tertiary/aromatic N) is 1. The van der Waals surface area contributed by atoms with Crippen LogP contribution in [0.5, 0.6) is 0 Å². The molecule has 0 saturated carbocycles. The third-order valence-electron chi connectivity index (χ3n) is 5.42. The molecule has 9 heteroatoms. The van der Waals surface area contributed by atoms with E-state index in [0.717, 1.165) is 27.6 Å². The van der Waals surface area contributed by atoms with Crippen LogP contribution in [0.25, 0.3) is 10.9 Å². The van der Waals surface area contributed by atoms with Crippen LogP contribution < -0.4 is 10.5 Å². The van der Waals surface area contributed by atoms with Gasteiger partial charge in [-0.3, -0.25) is 9.59 Å². The Hall–Kier alpha value is -3.17. The molecule has 1 aliphatic heterocycles. The van der Waals surface area contributed by atoms with Gasteiger partial charge in [0.05, 0.1) is 17.9 Å². The number of hydrogen-bond donors (Lipinski definition) is 3. The van der Waals surface area contributed by atoms with Gasteiger partial charge >= 0.3 is 0 Å². The van der Waals surface area contributed by atoms with Crippen molar-refractivity contribution in [2.45, 2.75) is 24.3 Å². The van der Waals surface area contributed by atoms with Crippen LogP contribution in [-0.4, -0.2) is 43.2 Å². The van der Waals surface area contributed by atoms with Crippen molar-refractivity contribution in [3.8, 4) is 0 Å². The van der Waals surface area contributed by atoms with Gasteiger partial charge in [-0.2, -0.15) is 0 Å². The quantitative estimate of drug-likeness (QED) is 0.512. The lowest BCUT2D eigenvalue weighted by atomic mass is 9.99. The van der Waals surface area contributed by atoms with Crippen LogP contribution in [0.3, 0.4) is 0 Å². The summed E-state index contributed by atoms with van der Waals surface area (Å²) >= 11 is 0. The zero-order valence-corrected chi connectivity index (χ0v) is 17.6. The highest BCUT2D eigenvalue weighted by atomic mass is 32.2. The number of fused-ring (bicyclic) bond motifs is 2. The topological polar surface area (TPSA) is 125 Å². The van der Waals surface area contributed by atoms with Gasteiger partial charge in [0, 0.05) is 30.2 Å². The van der Waals surface area contributed by atoms with Gasteiger partial charge < -0.3 is 15.6 Å². The summed E-state index contributed by atoms with van der Waals surface area (Å²) in [4.78, 5) is 28.6. The summed E-state index contributed by atoms with van der Waals surface area (Å²) in [6.45, 7) is 0.437. The van der Waals surface area contributed by atoms with E-state index in [-0.39, 0.29) is 10.8 Å². The molecule has 161 valence electrons. The first kappa shape index (κ1) is 21.1. The van der Waals surface area contributed by atoms with Crippen LogP contribution in [0.15, 0.2) is 53.6 Å². The zero-order chi connectivity index (χ0) is 22.0. The van der Waals surface area contributed by atoms with E-state index in [1.807, 2.05) is 30.5 Å². The average molecular weight is 440 g/mol. The molecule has 4 N–H and O–H groups in total. The number of nitrogens with two attached hydrogens (primary N) is 1. The molecule has 1 aromatic heterocycles. The van der Waals surface area contributed by atoms with Crippen LogP contribution in [0.2, 0.25) is 0 Å². The number of sulfonamides is 1. The Morgan fingerprint density at radius 2 is 1.97 bits per heavy atom. The van der Waals surface area contributed by atoms with Crippen molar-refractivity contribution in [2.75, 3.05) is 13.1 Å². The lowest BCUT2D eigenvalue weighted by Crippen LogP contribution is -2.37. The number of primary amides is 1. The normalized spacial score (nSPS) is 13.9. The number of benzene rings is 2. The molecule has 0 aliphatic carbocycles. The molecule has 0 atom stereocenters. The Morgan fingerprint density at radius 1 is 1.16 bits per heavy atom. The number of rotatable bonds is 7. The van der Waals surface area contributed by atoms with Crippen molar-refractivity contribution in [1.29, 1.82) is 0 Å². The molecule has 1 aliphatic rings. The minimum absolute atomic E-state index is 0.0459. The second kappa shape index (κ2) is 8.52. The predicted octanol–water partition coefficient (Wildman–Crippen LogP) is 1.26. The van der Waals surface area contributed by atoms with Crippen LogP contribution >= 0.6 is 0 Å². The first-order valence-electron chi connectivity index (χ1n) is 9.90. The fraction of sp³-hybridized carbons (Fsp3) is 0.227. The number of amides is 2. The summed E-state index contributed by atoms with van der Waals surface area (Å²) in [7, 11) is -3.85. The third-order valence-corrected chi connectivity index (χ3v) is 6.82. The Bertz CT molecular complexity index is 1250. The molecule has 0 fully saturated rings. The molecule has 2 heterocycles. The maximum atomic E-state index is 12.8. The number of para-hydroxylation sites is 1. The Labute approximate surface area is 180 Å². The molecule has 4 rings (SSSR count). The fourth-order valence-corrected chi connectivity index (χ4v) is 4.81. The van der Waals surface area contributed by atoms with Crippen molar-refractivity contribution in [2.24, 2.45) is 5.73 Å². The molecule has 2 aromatic carbocycles. The van der Waals surface area contributed by atoms with Crippen molar-refractivity contribution in [3.05, 3.63) is 71.8 Å². The molecule has 8 nitrogen and oxygen atoms in total. The minimum Gasteiger partial charge on any atom is -0.369 e. The number of hydrogen-bond acceptors (Lipinski definition) is 4. The molecule has 2 amide bonds. The summed E-state index contributed by atoms with van der Waals surface area (Å²) < 4.78 is 26.9. The molecule has 0 spiro atoms. The Kier molecular flexibility index (Phi) is 5.79. The Balaban J connectivity index is 1.44. The number of aromatic amines is 1.